The van der Waals surface area contributed by atoms with Crippen LogP contribution in [0.15, 0.2) is 60.0 Å². The predicted molar refractivity (Wildman–Crippen MR) is 132 cm³/mol. The Kier molecular flexibility index (Phi) is 7.21. The van der Waals surface area contributed by atoms with Crippen molar-refractivity contribution in [2.24, 2.45) is 0 Å². The molecule has 0 saturated heterocycles. The van der Waals surface area contributed by atoms with Gasteiger partial charge in [-0.1, -0.05) is 6.07 Å². The number of carbonyl (C=O) groups excluding carboxylic acids is 2. The lowest BCUT2D eigenvalue weighted by atomic mass is 9.99. The third-order valence-corrected chi connectivity index (χ3v) is 7.05. The van der Waals surface area contributed by atoms with Crippen molar-refractivity contribution in [2.45, 2.75) is 38.8 Å². The molecular formula is C27H28F2N2O3S. The number of fused-ring (bicyclic) bond motifs is 1. The molecule has 35 heavy (non-hydrogen) atoms. The van der Waals surface area contributed by atoms with Gasteiger partial charge in [-0.2, -0.15) is 0 Å². The minimum atomic E-state index is -0.664. The first-order valence-corrected chi connectivity index (χ1v) is 12.3. The van der Waals surface area contributed by atoms with Gasteiger partial charge in [0.2, 0.25) is 5.91 Å². The van der Waals surface area contributed by atoms with Crippen LogP contribution in [0, 0.1) is 11.6 Å². The fourth-order valence-electron chi connectivity index (χ4n) is 4.20. The van der Waals surface area contributed by atoms with Crippen LogP contribution in [0.25, 0.3) is 0 Å². The number of carbonyl (C=O) groups is 2. The van der Waals surface area contributed by atoms with E-state index >= 15 is 0 Å². The summed E-state index contributed by atoms with van der Waals surface area (Å²) in [5, 5.41) is 2.00. The van der Waals surface area contributed by atoms with Crippen molar-refractivity contribution in [2.75, 3.05) is 19.7 Å². The van der Waals surface area contributed by atoms with Crippen LogP contribution in [0.3, 0.4) is 0 Å². The summed E-state index contributed by atoms with van der Waals surface area (Å²) in [6.45, 7) is 6.09. The highest BCUT2D eigenvalue weighted by Crippen LogP contribution is 2.34. The topological polar surface area (TPSA) is 49.9 Å². The van der Waals surface area contributed by atoms with Gasteiger partial charge in [0.1, 0.15) is 30.5 Å². The quantitative estimate of drug-likeness (QED) is 0.453. The molecule has 0 radical (unpaired) electrons. The number of ether oxygens (including phenoxy) is 1. The van der Waals surface area contributed by atoms with Gasteiger partial charge in [0, 0.05) is 22.5 Å². The van der Waals surface area contributed by atoms with Crippen molar-refractivity contribution >= 4 is 23.2 Å². The Bertz CT molecular complexity index is 1200. The Balaban J connectivity index is 1.56. The van der Waals surface area contributed by atoms with Gasteiger partial charge in [0.05, 0.1) is 6.04 Å². The first-order chi connectivity index (χ1) is 16.6. The lowest BCUT2D eigenvalue weighted by molar-refractivity contribution is -0.136. The van der Waals surface area contributed by atoms with Crippen LogP contribution in [-0.2, 0) is 11.2 Å². The van der Waals surface area contributed by atoms with Crippen molar-refractivity contribution in [1.82, 2.24) is 9.80 Å². The first-order valence-electron chi connectivity index (χ1n) is 11.4. The SMILES string of the molecule is CC(C)(C)N(CC(=O)N1CCc2sccc2[C@@H]1COc1ccc(F)cc1)C(=O)c1cccc(F)c1. The largest absolute Gasteiger partial charge is 0.491 e. The summed E-state index contributed by atoms with van der Waals surface area (Å²) in [5.41, 5.74) is 0.556. The van der Waals surface area contributed by atoms with Crippen LogP contribution < -0.4 is 4.74 Å². The van der Waals surface area contributed by atoms with Gasteiger partial charge in [0.15, 0.2) is 0 Å². The summed E-state index contributed by atoms with van der Waals surface area (Å²) in [6, 6.07) is 12.9. The maximum absolute atomic E-state index is 13.8. The van der Waals surface area contributed by atoms with Crippen LogP contribution in [-0.4, -0.2) is 46.8 Å². The van der Waals surface area contributed by atoms with Crippen LogP contribution in [0.2, 0.25) is 0 Å². The molecule has 1 atom stereocenters. The molecule has 2 aromatic carbocycles. The van der Waals surface area contributed by atoms with E-state index in [4.69, 9.17) is 4.74 Å². The second-order valence-electron chi connectivity index (χ2n) is 9.49. The molecule has 1 aliphatic rings. The van der Waals surface area contributed by atoms with E-state index < -0.39 is 17.3 Å². The number of hydrogen-bond acceptors (Lipinski definition) is 4. The molecule has 1 aliphatic heterocycles. The van der Waals surface area contributed by atoms with E-state index in [1.165, 1.54) is 40.1 Å². The normalized spacial score (nSPS) is 15.5. The standard InChI is InChI=1S/C27H28F2N2O3S/c1-27(2,3)31(26(33)18-5-4-6-20(29)15-18)16-25(32)30-13-11-24-22(12-14-35-24)23(30)17-34-21-9-7-19(28)8-10-21/h4-10,12,14-15,23H,11,13,16-17H2,1-3H3/t23-/m0/s1. The van der Waals surface area contributed by atoms with E-state index in [2.05, 4.69) is 0 Å². The van der Waals surface area contributed by atoms with Crippen LogP contribution in [0.5, 0.6) is 5.75 Å². The maximum Gasteiger partial charge on any atom is 0.254 e. The maximum atomic E-state index is 13.8. The average molecular weight is 499 g/mol. The summed E-state index contributed by atoms with van der Waals surface area (Å²) in [5.74, 6) is -0.960. The smallest absolute Gasteiger partial charge is 0.254 e. The van der Waals surface area contributed by atoms with Crippen LogP contribution in [0.1, 0.15) is 47.6 Å². The second-order valence-corrected chi connectivity index (χ2v) is 10.5. The first kappa shape index (κ1) is 24.9. The zero-order valence-corrected chi connectivity index (χ0v) is 20.8. The lowest BCUT2D eigenvalue weighted by Crippen LogP contribution is -2.53. The van der Waals surface area contributed by atoms with Gasteiger partial charge < -0.3 is 14.5 Å². The van der Waals surface area contributed by atoms with Crippen LogP contribution >= 0.6 is 11.3 Å². The molecule has 0 unspecified atom stereocenters. The van der Waals surface area contributed by atoms with Crippen molar-refractivity contribution < 1.29 is 23.1 Å². The molecule has 2 heterocycles. The molecule has 5 nitrogen and oxygen atoms in total. The molecule has 0 aliphatic carbocycles. The van der Waals surface area contributed by atoms with Crippen molar-refractivity contribution in [3.63, 3.8) is 0 Å². The number of nitrogens with zero attached hydrogens (tertiary/aromatic N) is 2. The number of amides is 2. The molecule has 0 fully saturated rings. The Morgan fingerprint density at radius 1 is 1.09 bits per heavy atom. The molecule has 0 saturated carbocycles. The predicted octanol–water partition coefficient (Wildman–Crippen LogP) is 5.47. The van der Waals surface area contributed by atoms with Crippen LogP contribution in [0.4, 0.5) is 8.78 Å². The van der Waals surface area contributed by atoms with Crippen molar-refractivity contribution in [3.05, 3.63) is 87.6 Å². The lowest BCUT2D eigenvalue weighted by Gasteiger charge is -2.40. The fraction of sp³-hybridized carbons (Fsp3) is 0.333. The molecule has 3 aromatic rings. The second kappa shape index (κ2) is 10.2. The van der Waals surface area contributed by atoms with Gasteiger partial charge in [-0.25, -0.2) is 8.78 Å². The molecular weight excluding hydrogens is 470 g/mol. The summed E-state index contributed by atoms with van der Waals surface area (Å²) < 4.78 is 33.0. The summed E-state index contributed by atoms with van der Waals surface area (Å²) in [4.78, 5) is 31.3. The summed E-state index contributed by atoms with van der Waals surface area (Å²) >= 11 is 1.65. The third kappa shape index (κ3) is 5.70. The van der Waals surface area contributed by atoms with E-state index in [1.54, 1.807) is 34.4 Å². The van der Waals surface area contributed by atoms with E-state index in [0.717, 1.165) is 12.0 Å². The highest BCUT2D eigenvalue weighted by Gasteiger charge is 2.36. The van der Waals surface area contributed by atoms with E-state index in [0.29, 0.717) is 12.3 Å². The summed E-state index contributed by atoms with van der Waals surface area (Å²) in [6.07, 6.45) is 0.721. The zero-order chi connectivity index (χ0) is 25.2. The van der Waals surface area contributed by atoms with Gasteiger partial charge in [-0.15, -0.1) is 11.3 Å². The highest BCUT2D eigenvalue weighted by molar-refractivity contribution is 7.10. The molecule has 1 aromatic heterocycles. The molecule has 0 spiro atoms. The van der Waals surface area contributed by atoms with Crippen molar-refractivity contribution in [3.8, 4) is 5.75 Å². The average Bonchev–Trinajstić information content (AvgIpc) is 3.30. The van der Waals surface area contributed by atoms with Crippen molar-refractivity contribution in [1.29, 1.82) is 0 Å². The van der Waals surface area contributed by atoms with E-state index in [9.17, 15) is 18.4 Å². The third-order valence-electron chi connectivity index (χ3n) is 6.06. The molecule has 2 amide bonds. The minimum absolute atomic E-state index is 0.147. The van der Waals surface area contributed by atoms with Gasteiger partial charge in [-0.3, -0.25) is 9.59 Å². The molecule has 184 valence electrons. The Morgan fingerprint density at radius 2 is 1.83 bits per heavy atom. The Labute approximate surface area is 207 Å². The number of rotatable bonds is 6. The fourth-order valence-corrected chi connectivity index (χ4v) is 5.13. The van der Waals surface area contributed by atoms with Gasteiger partial charge in [0.25, 0.3) is 5.91 Å². The number of benzene rings is 2. The molecule has 0 N–H and O–H groups in total. The monoisotopic (exact) mass is 498 g/mol. The Morgan fingerprint density at radius 3 is 2.51 bits per heavy atom. The van der Waals surface area contributed by atoms with E-state index in [1.807, 2.05) is 32.2 Å². The molecule has 0 bridgehead atoms. The van der Waals surface area contributed by atoms with Gasteiger partial charge in [-0.05, 0) is 86.7 Å². The number of hydrogen-bond donors (Lipinski definition) is 0. The highest BCUT2D eigenvalue weighted by atomic mass is 32.1. The number of thiophene rings is 1. The minimum Gasteiger partial charge on any atom is -0.491 e. The molecule has 8 heteroatoms. The van der Waals surface area contributed by atoms with E-state index in [-0.39, 0.29) is 36.5 Å². The zero-order valence-electron chi connectivity index (χ0n) is 20.0. The van der Waals surface area contributed by atoms with Gasteiger partial charge >= 0.3 is 0 Å². The number of halogens is 2. The summed E-state index contributed by atoms with van der Waals surface area (Å²) in [7, 11) is 0. The molecule has 4 rings (SSSR count). The Hall–Kier alpha value is -3.26.